The number of nitrogens with zero attached hydrogens (tertiary/aromatic N) is 2. The Bertz CT molecular complexity index is 1300. The summed E-state index contributed by atoms with van der Waals surface area (Å²) >= 11 is 6.15. The van der Waals surface area contributed by atoms with Crippen LogP contribution in [0.15, 0.2) is 77.9 Å². The molecular weight excluding hydrogens is 404 g/mol. The summed E-state index contributed by atoms with van der Waals surface area (Å²) in [5.74, 6) is -0.455. The van der Waals surface area contributed by atoms with E-state index in [1.807, 2.05) is 0 Å². The van der Waals surface area contributed by atoms with E-state index in [9.17, 15) is 14.7 Å². The van der Waals surface area contributed by atoms with Gasteiger partial charge in [-0.1, -0.05) is 23.7 Å². The highest BCUT2D eigenvalue weighted by molar-refractivity contribution is 6.31. The Morgan fingerprint density at radius 3 is 2.80 bits per heavy atom. The summed E-state index contributed by atoms with van der Waals surface area (Å²) < 4.78 is 7.51. The van der Waals surface area contributed by atoms with E-state index in [1.165, 1.54) is 6.07 Å². The molecular formula is C23H17ClN2O4. The average molecular weight is 421 g/mol. The monoisotopic (exact) mass is 420 g/mol. The van der Waals surface area contributed by atoms with Crippen LogP contribution in [0.25, 0.3) is 22.0 Å². The van der Waals surface area contributed by atoms with Crippen molar-refractivity contribution in [2.24, 2.45) is 0 Å². The van der Waals surface area contributed by atoms with E-state index < -0.39 is 5.97 Å². The van der Waals surface area contributed by atoms with Crippen LogP contribution in [0.3, 0.4) is 0 Å². The van der Waals surface area contributed by atoms with Crippen molar-refractivity contribution < 1.29 is 14.6 Å². The summed E-state index contributed by atoms with van der Waals surface area (Å²) in [5.41, 5.74) is 2.06. The first kappa shape index (κ1) is 19.7. The molecule has 0 unspecified atom stereocenters. The highest BCUT2D eigenvalue weighted by Gasteiger charge is 2.11. The molecule has 0 bridgehead atoms. The molecule has 7 heteroatoms. The minimum Gasteiger partial charge on any atom is -0.491 e. The van der Waals surface area contributed by atoms with Crippen molar-refractivity contribution in [3.8, 4) is 16.9 Å². The first-order chi connectivity index (χ1) is 14.5. The van der Waals surface area contributed by atoms with Crippen LogP contribution in [0.5, 0.6) is 5.75 Å². The number of benzene rings is 2. The van der Waals surface area contributed by atoms with Gasteiger partial charge in [0, 0.05) is 23.0 Å². The fourth-order valence-corrected chi connectivity index (χ4v) is 3.39. The highest BCUT2D eigenvalue weighted by atomic mass is 35.5. The second-order valence-electron chi connectivity index (χ2n) is 6.63. The molecule has 4 aromatic rings. The smallest absolute Gasteiger partial charge is 0.335 e. The first-order valence-electron chi connectivity index (χ1n) is 9.23. The number of rotatable bonds is 6. The normalized spacial score (nSPS) is 10.8. The Hall–Kier alpha value is -3.64. The standard InChI is InChI=1S/C23H17ClN2O4/c24-17-6-7-21(19(14-17)15-3-1-4-16(13-15)23(28)29)30-12-11-26-10-8-20-18(22(26)27)5-2-9-25-20/h1-10,13-14H,11-12H2,(H,28,29). The number of hydrogen-bond acceptors (Lipinski definition) is 4. The van der Waals surface area contributed by atoms with Gasteiger partial charge in [-0.05, 0) is 54.1 Å². The molecule has 2 heterocycles. The number of hydrogen-bond donors (Lipinski definition) is 1. The maximum Gasteiger partial charge on any atom is 0.335 e. The van der Waals surface area contributed by atoms with Gasteiger partial charge < -0.3 is 14.4 Å². The first-order valence-corrected chi connectivity index (χ1v) is 9.61. The van der Waals surface area contributed by atoms with Gasteiger partial charge in [-0.15, -0.1) is 0 Å². The van der Waals surface area contributed by atoms with Gasteiger partial charge in [0.25, 0.3) is 5.56 Å². The molecule has 4 rings (SSSR count). The van der Waals surface area contributed by atoms with E-state index in [1.54, 1.807) is 71.6 Å². The number of pyridine rings is 2. The quantitative estimate of drug-likeness (QED) is 0.497. The summed E-state index contributed by atoms with van der Waals surface area (Å²) in [7, 11) is 0. The molecule has 6 nitrogen and oxygen atoms in total. The van der Waals surface area contributed by atoms with Crippen molar-refractivity contribution in [2.75, 3.05) is 6.61 Å². The van der Waals surface area contributed by atoms with E-state index in [4.69, 9.17) is 16.3 Å². The fourth-order valence-electron chi connectivity index (χ4n) is 3.22. The number of fused-ring (bicyclic) bond motifs is 1. The summed E-state index contributed by atoms with van der Waals surface area (Å²) in [5, 5.41) is 10.3. The van der Waals surface area contributed by atoms with Crippen molar-refractivity contribution in [3.05, 3.63) is 94.0 Å². The average Bonchev–Trinajstić information content (AvgIpc) is 2.76. The number of aromatic carboxylic acids is 1. The number of halogens is 1. The predicted octanol–water partition coefficient (Wildman–Crippen LogP) is 4.49. The maximum absolute atomic E-state index is 12.6. The zero-order chi connectivity index (χ0) is 21.1. The van der Waals surface area contributed by atoms with Crippen LogP contribution in [0.4, 0.5) is 0 Å². The minimum atomic E-state index is -1.01. The van der Waals surface area contributed by atoms with Crippen molar-refractivity contribution in [1.82, 2.24) is 9.55 Å². The molecule has 0 saturated heterocycles. The topological polar surface area (TPSA) is 81.4 Å². The maximum atomic E-state index is 12.6. The SMILES string of the molecule is O=C(O)c1cccc(-c2cc(Cl)ccc2OCCn2ccc3ncccc3c2=O)c1. The number of aromatic nitrogens is 2. The highest BCUT2D eigenvalue weighted by Crippen LogP contribution is 2.33. The van der Waals surface area contributed by atoms with Crippen LogP contribution in [0.2, 0.25) is 5.02 Å². The molecule has 2 aromatic heterocycles. The Morgan fingerprint density at radius 2 is 1.97 bits per heavy atom. The molecule has 2 aromatic carbocycles. The summed E-state index contributed by atoms with van der Waals surface area (Å²) in [6.07, 6.45) is 3.34. The van der Waals surface area contributed by atoms with E-state index in [0.717, 1.165) is 0 Å². The van der Waals surface area contributed by atoms with Gasteiger partial charge in [0.1, 0.15) is 12.4 Å². The van der Waals surface area contributed by atoms with Crippen molar-refractivity contribution >= 4 is 28.5 Å². The fraction of sp³-hybridized carbons (Fsp3) is 0.0870. The lowest BCUT2D eigenvalue weighted by atomic mass is 10.0. The molecule has 0 saturated carbocycles. The molecule has 0 aliphatic heterocycles. The molecule has 0 aliphatic rings. The second-order valence-corrected chi connectivity index (χ2v) is 7.06. The summed E-state index contributed by atoms with van der Waals surface area (Å²) in [6.45, 7) is 0.597. The Morgan fingerprint density at radius 1 is 1.10 bits per heavy atom. The molecule has 0 amide bonds. The van der Waals surface area contributed by atoms with Crippen LogP contribution in [0, 0.1) is 0 Å². The van der Waals surface area contributed by atoms with Gasteiger partial charge >= 0.3 is 5.97 Å². The van der Waals surface area contributed by atoms with Gasteiger partial charge in [0.2, 0.25) is 0 Å². The van der Waals surface area contributed by atoms with Gasteiger partial charge in [-0.3, -0.25) is 9.78 Å². The second kappa shape index (κ2) is 8.39. The number of carboxylic acids is 1. The number of carbonyl (C=O) groups is 1. The van der Waals surface area contributed by atoms with E-state index in [-0.39, 0.29) is 17.7 Å². The Balaban J connectivity index is 1.58. The van der Waals surface area contributed by atoms with E-state index >= 15 is 0 Å². The van der Waals surface area contributed by atoms with Crippen LogP contribution in [-0.4, -0.2) is 27.2 Å². The van der Waals surface area contributed by atoms with Crippen LogP contribution >= 0.6 is 11.6 Å². The lowest BCUT2D eigenvalue weighted by molar-refractivity contribution is 0.0697. The molecule has 0 spiro atoms. The number of ether oxygens (including phenoxy) is 1. The third kappa shape index (κ3) is 4.04. The lowest BCUT2D eigenvalue weighted by Crippen LogP contribution is -2.22. The Kier molecular flexibility index (Phi) is 5.50. The van der Waals surface area contributed by atoms with Gasteiger partial charge in [-0.2, -0.15) is 0 Å². The zero-order valence-electron chi connectivity index (χ0n) is 15.8. The molecule has 0 fully saturated rings. The van der Waals surface area contributed by atoms with E-state index in [2.05, 4.69) is 4.98 Å². The third-order valence-corrected chi connectivity index (χ3v) is 4.93. The predicted molar refractivity (Wildman–Crippen MR) is 115 cm³/mol. The third-order valence-electron chi connectivity index (χ3n) is 4.69. The van der Waals surface area contributed by atoms with Crippen molar-refractivity contribution in [3.63, 3.8) is 0 Å². The van der Waals surface area contributed by atoms with Gasteiger partial charge in [0.15, 0.2) is 0 Å². The molecule has 1 N–H and O–H groups in total. The molecule has 150 valence electrons. The van der Waals surface area contributed by atoms with Gasteiger partial charge in [0.05, 0.1) is 23.0 Å². The summed E-state index contributed by atoms with van der Waals surface area (Å²) in [4.78, 5) is 28.1. The van der Waals surface area contributed by atoms with Gasteiger partial charge in [-0.25, -0.2) is 4.79 Å². The minimum absolute atomic E-state index is 0.130. The largest absolute Gasteiger partial charge is 0.491 e. The van der Waals surface area contributed by atoms with Crippen LogP contribution < -0.4 is 10.3 Å². The van der Waals surface area contributed by atoms with E-state index in [0.29, 0.717) is 39.3 Å². The van der Waals surface area contributed by atoms with Crippen LogP contribution in [-0.2, 0) is 6.54 Å². The molecule has 0 radical (unpaired) electrons. The summed E-state index contributed by atoms with van der Waals surface area (Å²) in [6, 6.07) is 17.0. The lowest BCUT2D eigenvalue weighted by Gasteiger charge is -2.14. The van der Waals surface area contributed by atoms with Crippen molar-refractivity contribution in [1.29, 1.82) is 0 Å². The van der Waals surface area contributed by atoms with Crippen molar-refractivity contribution in [2.45, 2.75) is 6.54 Å². The zero-order valence-corrected chi connectivity index (χ0v) is 16.5. The Labute approximate surface area is 177 Å². The number of carboxylic acid groups (broad SMARTS) is 1. The van der Waals surface area contributed by atoms with Crippen LogP contribution in [0.1, 0.15) is 10.4 Å². The molecule has 30 heavy (non-hydrogen) atoms. The molecule has 0 atom stereocenters. The molecule has 0 aliphatic carbocycles.